The van der Waals surface area contributed by atoms with Crippen LogP contribution in [0, 0.1) is 0 Å². The number of hydrogen-bond donors (Lipinski definition) is 3. The molecule has 3 rings (SSSR count). The highest BCUT2D eigenvalue weighted by atomic mass is 35.5. The average Bonchev–Trinajstić information content (AvgIpc) is 3.40. The van der Waals surface area contributed by atoms with Gasteiger partial charge in [0.1, 0.15) is 0 Å². The fourth-order valence-corrected chi connectivity index (χ4v) is 2.56. The topological polar surface area (TPSA) is 70.2 Å². The molecule has 1 aliphatic rings. The SMILES string of the molecule is O=C(NCc1ccc(Cl)cc1)Nc1ccc(Cl)c(C(=O)NC2CC2)c1. The standard InChI is InChI=1S/C18H17Cl2N3O2/c19-12-3-1-11(2-4-12)10-21-18(25)23-14-7-8-16(20)15(9-14)17(24)22-13-5-6-13/h1-4,7-9,13H,5-6,10H2,(H,22,24)(H2,21,23,25). The molecule has 3 amide bonds. The molecule has 1 aliphatic carbocycles. The normalized spacial score (nSPS) is 13.2. The van der Waals surface area contributed by atoms with Crippen LogP contribution >= 0.6 is 23.2 Å². The number of benzene rings is 2. The molecule has 1 fully saturated rings. The second-order valence-electron chi connectivity index (χ2n) is 5.88. The Kier molecular flexibility index (Phi) is 5.46. The number of amides is 3. The lowest BCUT2D eigenvalue weighted by Gasteiger charge is -2.11. The number of anilines is 1. The predicted octanol–water partition coefficient (Wildman–Crippen LogP) is 4.21. The third-order valence-electron chi connectivity index (χ3n) is 3.75. The van der Waals surface area contributed by atoms with E-state index in [4.69, 9.17) is 23.2 Å². The van der Waals surface area contributed by atoms with Crippen molar-refractivity contribution in [2.45, 2.75) is 25.4 Å². The Morgan fingerprint density at radius 1 is 1.04 bits per heavy atom. The minimum Gasteiger partial charge on any atom is -0.349 e. The zero-order valence-corrected chi connectivity index (χ0v) is 14.8. The van der Waals surface area contributed by atoms with Crippen molar-refractivity contribution >= 4 is 40.8 Å². The van der Waals surface area contributed by atoms with Crippen LogP contribution in [-0.2, 0) is 6.54 Å². The summed E-state index contributed by atoms with van der Waals surface area (Å²) in [6.45, 7) is 0.367. The van der Waals surface area contributed by atoms with Gasteiger partial charge in [-0.1, -0.05) is 35.3 Å². The molecule has 0 aliphatic heterocycles. The maximum Gasteiger partial charge on any atom is 0.319 e. The lowest BCUT2D eigenvalue weighted by Crippen LogP contribution is -2.29. The highest BCUT2D eigenvalue weighted by Crippen LogP contribution is 2.24. The Balaban J connectivity index is 1.58. The lowest BCUT2D eigenvalue weighted by molar-refractivity contribution is 0.0951. The number of halogens is 2. The lowest BCUT2D eigenvalue weighted by atomic mass is 10.2. The second-order valence-corrected chi connectivity index (χ2v) is 6.72. The zero-order valence-electron chi connectivity index (χ0n) is 13.3. The second kappa shape index (κ2) is 7.76. The van der Waals surface area contributed by atoms with Crippen LogP contribution in [0.3, 0.4) is 0 Å². The number of rotatable bonds is 5. The molecule has 2 aromatic carbocycles. The molecular formula is C18H17Cl2N3O2. The van der Waals surface area contributed by atoms with Crippen molar-refractivity contribution in [3.63, 3.8) is 0 Å². The largest absolute Gasteiger partial charge is 0.349 e. The van der Waals surface area contributed by atoms with Crippen LogP contribution < -0.4 is 16.0 Å². The van der Waals surface area contributed by atoms with E-state index in [0.29, 0.717) is 27.8 Å². The molecule has 7 heteroatoms. The highest BCUT2D eigenvalue weighted by Gasteiger charge is 2.24. The van der Waals surface area contributed by atoms with Gasteiger partial charge in [0.2, 0.25) is 0 Å². The van der Waals surface area contributed by atoms with Crippen LogP contribution in [0.15, 0.2) is 42.5 Å². The number of carbonyl (C=O) groups is 2. The molecule has 1 saturated carbocycles. The maximum atomic E-state index is 12.2. The fraction of sp³-hybridized carbons (Fsp3) is 0.222. The van der Waals surface area contributed by atoms with Crippen LogP contribution in [-0.4, -0.2) is 18.0 Å². The van der Waals surface area contributed by atoms with E-state index >= 15 is 0 Å². The van der Waals surface area contributed by atoms with E-state index in [1.165, 1.54) is 0 Å². The monoisotopic (exact) mass is 377 g/mol. The van der Waals surface area contributed by atoms with Crippen molar-refractivity contribution in [2.75, 3.05) is 5.32 Å². The van der Waals surface area contributed by atoms with Crippen LogP contribution in [0.1, 0.15) is 28.8 Å². The van der Waals surface area contributed by atoms with Gasteiger partial charge in [0.15, 0.2) is 0 Å². The zero-order chi connectivity index (χ0) is 17.8. The summed E-state index contributed by atoms with van der Waals surface area (Å²) in [5, 5.41) is 9.32. The first-order valence-electron chi connectivity index (χ1n) is 7.91. The minimum absolute atomic E-state index is 0.224. The van der Waals surface area contributed by atoms with Gasteiger partial charge in [0.05, 0.1) is 10.6 Å². The maximum absolute atomic E-state index is 12.2. The smallest absolute Gasteiger partial charge is 0.319 e. The van der Waals surface area contributed by atoms with Crippen molar-refractivity contribution in [3.05, 3.63) is 63.6 Å². The molecule has 5 nitrogen and oxygen atoms in total. The van der Waals surface area contributed by atoms with Gasteiger partial charge in [-0.15, -0.1) is 0 Å². The van der Waals surface area contributed by atoms with Crippen molar-refractivity contribution < 1.29 is 9.59 Å². The molecule has 0 spiro atoms. The van der Waals surface area contributed by atoms with E-state index in [1.807, 2.05) is 12.1 Å². The molecule has 0 aromatic heterocycles. The molecule has 2 aromatic rings. The van der Waals surface area contributed by atoms with Crippen molar-refractivity contribution in [1.29, 1.82) is 0 Å². The van der Waals surface area contributed by atoms with Gasteiger partial charge in [-0.25, -0.2) is 4.79 Å². The summed E-state index contributed by atoms with van der Waals surface area (Å²) in [6.07, 6.45) is 1.99. The van der Waals surface area contributed by atoms with Crippen LogP contribution in [0.4, 0.5) is 10.5 Å². The van der Waals surface area contributed by atoms with E-state index in [1.54, 1.807) is 30.3 Å². The van der Waals surface area contributed by atoms with Crippen molar-refractivity contribution in [1.82, 2.24) is 10.6 Å². The molecule has 130 valence electrons. The summed E-state index contributed by atoms with van der Waals surface area (Å²) in [5.41, 5.74) is 1.78. The Hall–Kier alpha value is -2.24. The molecule has 0 heterocycles. The van der Waals surface area contributed by atoms with E-state index in [9.17, 15) is 9.59 Å². The summed E-state index contributed by atoms with van der Waals surface area (Å²) in [4.78, 5) is 24.2. The summed E-state index contributed by atoms with van der Waals surface area (Å²) in [5.74, 6) is -0.224. The first-order chi connectivity index (χ1) is 12.0. The van der Waals surface area contributed by atoms with Gasteiger partial charge in [0.25, 0.3) is 5.91 Å². The Bertz CT molecular complexity index is 789. The van der Waals surface area contributed by atoms with Crippen molar-refractivity contribution in [3.8, 4) is 0 Å². The van der Waals surface area contributed by atoms with Gasteiger partial charge < -0.3 is 16.0 Å². The Labute approximate surface area is 155 Å². The number of urea groups is 1. The Morgan fingerprint density at radius 3 is 2.44 bits per heavy atom. The first kappa shape index (κ1) is 17.6. The van der Waals surface area contributed by atoms with Crippen LogP contribution in [0.25, 0.3) is 0 Å². The van der Waals surface area contributed by atoms with Gasteiger partial charge in [-0.3, -0.25) is 4.79 Å². The quantitative estimate of drug-likeness (QED) is 0.730. The summed E-state index contributed by atoms with van der Waals surface area (Å²) in [6, 6.07) is 11.9. The van der Waals surface area contributed by atoms with E-state index < -0.39 is 0 Å². The van der Waals surface area contributed by atoms with E-state index in [2.05, 4.69) is 16.0 Å². The number of carbonyl (C=O) groups excluding carboxylic acids is 2. The molecular weight excluding hydrogens is 361 g/mol. The Morgan fingerprint density at radius 2 is 1.76 bits per heavy atom. The molecule has 0 unspecified atom stereocenters. The van der Waals surface area contributed by atoms with Crippen molar-refractivity contribution in [2.24, 2.45) is 0 Å². The summed E-state index contributed by atoms with van der Waals surface area (Å²) < 4.78 is 0. The molecule has 3 N–H and O–H groups in total. The highest BCUT2D eigenvalue weighted by molar-refractivity contribution is 6.34. The van der Waals surface area contributed by atoms with E-state index in [0.717, 1.165) is 18.4 Å². The third kappa shape index (κ3) is 5.11. The van der Waals surface area contributed by atoms with E-state index in [-0.39, 0.29) is 18.0 Å². The van der Waals surface area contributed by atoms with Crippen LogP contribution in [0.5, 0.6) is 0 Å². The first-order valence-corrected chi connectivity index (χ1v) is 8.66. The molecule has 0 saturated heterocycles. The summed E-state index contributed by atoms with van der Waals surface area (Å²) in [7, 11) is 0. The van der Waals surface area contributed by atoms with Gasteiger partial charge in [-0.05, 0) is 48.7 Å². The van der Waals surface area contributed by atoms with Gasteiger partial charge in [0, 0.05) is 23.3 Å². The fourth-order valence-electron chi connectivity index (χ4n) is 2.23. The molecule has 0 radical (unpaired) electrons. The average molecular weight is 378 g/mol. The minimum atomic E-state index is -0.370. The number of nitrogens with one attached hydrogen (secondary N) is 3. The molecule has 25 heavy (non-hydrogen) atoms. The third-order valence-corrected chi connectivity index (χ3v) is 4.33. The van der Waals surface area contributed by atoms with Gasteiger partial charge >= 0.3 is 6.03 Å². The predicted molar refractivity (Wildman–Crippen MR) is 99.3 cm³/mol. The van der Waals surface area contributed by atoms with Crippen LogP contribution in [0.2, 0.25) is 10.0 Å². The van der Waals surface area contributed by atoms with Gasteiger partial charge in [-0.2, -0.15) is 0 Å². The molecule has 0 bridgehead atoms. The number of hydrogen-bond acceptors (Lipinski definition) is 2. The molecule has 0 atom stereocenters. The summed E-state index contributed by atoms with van der Waals surface area (Å²) >= 11 is 11.9.